The Bertz CT molecular complexity index is 558. The molecule has 2 aliphatic rings. The van der Waals surface area contributed by atoms with Crippen LogP contribution >= 0.6 is 11.8 Å². The van der Waals surface area contributed by atoms with Crippen molar-refractivity contribution in [1.29, 1.82) is 0 Å². The summed E-state index contributed by atoms with van der Waals surface area (Å²) in [5, 5.41) is 9.59. The molecular formula is C19H27NO2S. The number of hydrogen-bond acceptors (Lipinski definition) is 3. The summed E-state index contributed by atoms with van der Waals surface area (Å²) in [4.78, 5) is 15.6. The number of thioether (sulfide) groups is 1. The van der Waals surface area contributed by atoms with Crippen molar-refractivity contribution in [3.63, 3.8) is 0 Å². The van der Waals surface area contributed by atoms with Gasteiger partial charge in [-0.05, 0) is 67.2 Å². The summed E-state index contributed by atoms with van der Waals surface area (Å²) in [6.07, 6.45) is 6.50. The summed E-state index contributed by atoms with van der Waals surface area (Å²) in [5.74, 6) is 0.759. The minimum atomic E-state index is 0.0455. The number of piperidine rings is 1. The molecule has 1 aromatic carbocycles. The van der Waals surface area contributed by atoms with Crippen molar-refractivity contribution in [1.82, 2.24) is 4.90 Å². The molecule has 1 amide bonds. The van der Waals surface area contributed by atoms with E-state index >= 15 is 0 Å². The predicted octanol–water partition coefficient (Wildman–Crippen LogP) is 3.28. The lowest BCUT2D eigenvalue weighted by Crippen LogP contribution is -2.45. The monoisotopic (exact) mass is 333 g/mol. The Morgan fingerprint density at radius 3 is 2.70 bits per heavy atom. The van der Waals surface area contributed by atoms with Crippen molar-refractivity contribution in [3.8, 4) is 0 Å². The van der Waals surface area contributed by atoms with Gasteiger partial charge in [-0.2, -0.15) is 0 Å². The Hall–Kier alpha value is -1.00. The molecule has 3 rings (SSSR count). The fourth-order valence-corrected chi connectivity index (χ4v) is 4.59. The third-order valence-corrected chi connectivity index (χ3v) is 6.67. The van der Waals surface area contributed by atoms with Crippen molar-refractivity contribution in [3.05, 3.63) is 29.3 Å². The zero-order valence-corrected chi connectivity index (χ0v) is 14.8. The maximum absolute atomic E-state index is 12.4. The molecule has 1 aliphatic heterocycles. The highest BCUT2D eigenvalue weighted by atomic mass is 32.2. The van der Waals surface area contributed by atoms with E-state index in [1.807, 2.05) is 4.90 Å². The van der Waals surface area contributed by atoms with Crippen molar-refractivity contribution < 1.29 is 9.90 Å². The van der Waals surface area contributed by atoms with Gasteiger partial charge in [-0.3, -0.25) is 4.79 Å². The number of benzene rings is 1. The van der Waals surface area contributed by atoms with E-state index in [0.717, 1.165) is 32.4 Å². The zero-order valence-electron chi connectivity index (χ0n) is 14.0. The quantitative estimate of drug-likeness (QED) is 0.841. The number of aliphatic hydroxyl groups is 1. The standard InChI is InChI=1S/C19H27NO2S/c1-2-19(14-21)8-10-20(11-9-19)18(22)13-23-17-7-6-15-4-3-5-16(15)12-17/h6-7,12,21H,2-5,8-11,13-14H2,1H3. The van der Waals surface area contributed by atoms with Gasteiger partial charge in [0.1, 0.15) is 0 Å². The number of carbonyl (C=O) groups excluding carboxylic acids is 1. The first-order valence-electron chi connectivity index (χ1n) is 8.79. The molecule has 0 spiro atoms. The first kappa shape index (κ1) is 16.8. The van der Waals surface area contributed by atoms with Gasteiger partial charge in [-0.25, -0.2) is 0 Å². The number of aryl methyl sites for hydroxylation is 2. The highest BCUT2D eigenvalue weighted by Crippen LogP contribution is 2.34. The Kier molecular flexibility index (Phi) is 5.32. The molecule has 0 atom stereocenters. The lowest BCUT2D eigenvalue weighted by molar-refractivity contribution is -0.131. The average molecular weight is 333 g/mol. The van der Waals surface area contributed by atoms with Crippen LogP contribution in [0.3, 0.4) is 0 Å². The lowest BCUT2D eigenvalue weighted by Gasteiger charge is -2.40. The van der Waals surface area contributed by atoms with Gasteiger partial charge in [0.25, 0.3) is 0 Å². The van der Waals surface area contributed by atoms with Gasteiger partial charge >= 0.3 is 0 Å². The van der Waals surface area contributed by atoms with E-state index in [1.54, 1.807) is 11.8 Å². The van der Waals surface area contributed by atoms with Crippen LogP contribution in [0.25, 0.3) is 0 Å². The largest absolute Gasteiger partial charge is 0.396 e. The van der Waals surface area contributed by atoms with E-state index < -0.39 is 0 Å². The van der Waals surface area contributed by atoms with Crippen LogP contribution in [0.5, 0.6) is 0 Å². The molecule has 23 heavy (non-hydrogen) atoms. The smallest absolute Gasteiger partial charge is 0.232 e. The van der Waals surface area contributed by atoms with Crippen LogP contribution < -0.4 is 0 Å². The van der Waals surface area contributed by atoms with E-state index in [9.17, 15) is 9.90 Å². The third-order valence-electron chi connectivity index (χ3n) is 5.69. The lowest BCUT2D eigenvalue weighted by atomic mass is 9.77. The Balaban J connectivity index is 1.50. The van der Waals surface area contributed by atoms with Gasteiger partial charge < -0.3 is 10.0 Å². The molecule has 1 aliphatic carbocycles. The molecule has 1 N–H and O–H groups in total. The molecule has 0 aromatic heterocycles. The minimum absolute atomic E-state index is 0.0455. The van der Waals surface area contributed by atoms with Crippen LogP contribution in [0.1, 0.15) is 43.7 Å². The molecule has 1 saturated heterocycles. The number of nitrogens with zero attached hydrogens (tertiary/aromatic N) is 1. The summed E-state index contributed by atoms with van der Waals surface area (Å²) >= 11 is 1.66. The molecule has 1 heterocycles. The molecule has 0 bridgehead atoms. The number of fused-ring (bicyclic) bond motifs is 1. The molecule has 1 aromatic rings. The van der Waals surface area contributed by atoms with Crippen LogP contribution in [0.15, 0.2) is 23.1 Å². The number of likely N-dealkylation sites (tertiary alicyclic amines) is 1. The number of carbonyl (C=O) groups is 1. The Morgan fingerprint density at radius 2 is 2.00 bits per heavy atom. The molecule has 0 saturated carbocycles. The molecule has 126 valence electrons. The van der Waals surface area contributed by atoms with E-state index in [0.29, 0.717) is 5.75 Å². The van der Waals surface area contributed by atoms with Crippen molar-refractivity contribution in [2.24, 2.45) is 5.41 Å². The van der Waals surface area contributed by atoms with E-state index in [1.165, 1.54) is 35.3 Å². The summed E-state index contributed by atoms with van der Waals surface area (Å²) in [5.41, 5.74) is 3.00. The highest BCUT2D eigenvalue weighted by Gasteiger charge is 2.33. The summed E-state index contributed by atoms with van der Waals surface area (Å²) < 4.78 is 0. The predicted molar refractivity (Wildman–Crippen MR) is 94.8 cm³/mol. The zero-order chi connectivity index (χ0) is 16.3. The molecule has 0 unspecified atom stereocenters. The van der Waals surface area contributed by atoms with Gasteiger partial charge in [-0.15, -0.1) is 11.8 Å². The number of amides is 1. The van der Waals surface area contributed by atoms with Crippen molar-refractivity contribution in [2.45, 2.75) is 50.3 Å². The molecule has 0 radical (unpaired) electrons. The van der Waals surface area contributed by atoms with Crippen molar-refractivity contribution in [2.75, 3.05) is 25.4 Å². The maximum Gasteiger partial charge on any atom is 0.232 e. The van der Waals surface area contributed by atoms with Gasteiger partial charge in [0, 0.05) is 24.6 Å². The van der Waals surface area contributed by atoms with E-state index in [2.05, 4.69) is 25.1 Å². The van der Waals surface area contributed by atoms with Crippen LogP contribution in [-0.2, 0) is 17.6 Å². The van der Waals surface area contributed by atoms with Gasteiger partial charge in [0.15, 0.2) is 0 Å². The van der Waals surface area contributed by atoms with E-state index in [4.69, 9.17) is 0 Å². The first-order valence-corrected chi connectivity index (χ1v) is 9.77. The van der Waals surface area contributed by atoms with Gasteiger partial charge in [0.2, 0.25) is 5.91 Å². The van der Waals surface area contributed by atoms with E-state index in [-0.39, 0.29) is 17.9 Å². The van der Waals surface area contributed by atoms with Crippen LogP contribution in [0, 0.1) is 5.41 Å². The van der Waals surface area contributed by atoms with Gasteiger partial charge in [0.05, 0.1) is 5.75 Å². The third kappa shape index (κ3) is 3.74. The normalized spacial score (nSPS) is 19.7. The van der Waals surface area contributed by atoms with Crippen LogP contribution in [0.4, 0.5) is 0 Å². The Morgan fingerprint density at radius 1 is 1.26 bits per heavy atom. The summed E-state index contributed by atoms with van der Waals surface area (Å²) in [6, 6.07) is 6.66. The number of rotatable bonds is 5. The molecule has 3 nitrogen and oxygen atoms in total. The van der Waals surface area contributed by atoms with Crippen molar-refractivity contribution >= 4 is 17.7 Å². The first-order chi connectivity index (χ1) is 11.2. The maximum atomic E-state index is 12.4. The summed E-state index contributed by atoms with van der Waals surface area (Å²) in [6.45, 7) is 3.96. The average Bonchev–Trinajstić information content (AvgIpc) is 3.07. The van der Waals surface area contributed by atoms with Crippen LogP contribution in [0.2, 0.25) is 0 Å². The topological polar surface area (TPSA) is 40.5 Å². The number of hydrogen-bond donors (Lipinski definition) is 1. The molecule has 1 fully saturated rings. The second kappa shape index (κ2) is 7.27. The van der Waals surface area contributed by atoms with Gasteiger partial charge in [-0.1, -0.05) is 13.0 Å². The fourth-order valence-electron chi connectivity index (χ4n) is 3.73. The second-order valence-electron chi connectivity index (χ2n) is 6.97. The Labute approximate surface area is 143 Å². The molecule has 4 heteroatoms. The SMILES string of the molecule is CCC1(CO)CCN(C(=O)CSc2ccc3c(c2)CCC3)CC1. The molecular weight excluding hydrogens is 306 g/mol. The number of aliphatic hydroxyl groups excluding tert-OH is 1. The minimum Gasteiger partial charge on any atom is -0.396 e. The second-order valence-corrected chi connectivity index (χ2v) is 8.01. The highest BCUT2D eigenvalue weighted by molar-refractivity contribution is 8.00. The fraction of sp³-hybridized carbons (Fsp3) is 0.632. The van der Waals surface area contributed by atoms with Crippen LogP contribution in [-0.4, -0.2) is 41.4 Å². The summed E-state index contributed by atoms with van der Waals surface area (Å²) in [7, 11) is 0.